The topological polar surface area (TPSA) is 24.1 Å². The molecule has 1 aromatic rings. The molecule has 2 N–H and O–H groups in total. The van der Waals surface area contributed by atoms with Crippen LogP contribution in [0.4, 0.5) is 5.69 Å². The second kappa shape index (κ2) is 5.90. The number of nitrogens with one attached hydrogen (secondary N) is 2. The van der Waals surface area contributed by atoms with Crippen molar-refractivity contribution in [3.05, 3.63) is 28.3 Å². The molecule has 20 heavy (non-hydrogen) atoms. The molecule has 1 atom stereocenters. The Morgan fingerprint density at radius 3 is 2.60 bits per heavy atom. The fourth-order valence-electron chi connectivity index (χ4n) is 2.97. The minimum atomic E-state index is 0.421. The van der Waals surface area contributed by atoms with Gasteiger partial charge in [-0.1, -0.05) is 31.5 Å². The largest absolute Gasteiger partial charge is 0.360 e. The summed E-state index contributed by atoms with van der Waals surface area (Å²) < 4.78 is 0. The number of hydrogen-bond donors (Lipinski definition) is 2. The predicted octanol–water partition coefficient (Wildman–Crippen LogP) is 4.82. The lowest BCUT2D eigenvalue weighted by Gasteiger charge is -2.20. The van der Waals surface area contributed by atoms with Crippen LogP contribution in [-0.2, 0) is 0 Å². The number of aryl methyl sites for hydroxylation is 2. The van der Waals surface area contributed by atoms with Gasteiger partial charge >= 0.3 is 0 Å². The molecule has 4 heteroatoms. The second-order valence-electron chi connectivity index (χ2n) is 6.64. The molecule has 0 aromatic heterocycles. The number of rotatable bonds is 2. The van der Waals surface area contributed by atoms with Crippen LogP contribution in [0.2, 0.25) is 5.02 Å². The maximum Gasteiger partial charge on any atom is 0.171 e. The van der Waals surface area contributed by atoms with Gasteiger partial charge in [-0.2, -0.15) is 0 Å². The maximum absolute atomic E-state index is 6.29. The Morgan fingerprint density at radius 2 is 2.05 bits per heavy atom. The van der Waals surface area contributed by atoms with Gasteiger partial charge in [-0.3, -0.25) is 0 Å². The van der Waals surface area contributed by atoms with E-state index in [1.165, 1.54) is 12.8 Å². The first kappa shape index (κ1) is 15.6. The Balaban J connectivity index is 1.99. The van der Waals surface area contributed by atoms with Crippen LogP contribution in [0, 0.1) is 19.3 Å². The van der Waals surface area contributed by atoms with Gasteiger partial charge in [0.05, 0.1) is 10.7 Å². The third-order valence-electron chi connectivity index (χ3n) is 3.97. The molecule has 1 unspecified atom stereocenters. The van der Waals surface area contributed by atoms with Gasteiger partial charge in [0.25, 0.3) is 0 Å². The number of benzene rings is 1. The summed E-state index contributed by atoms with van der Waals surface area (Å²) in [6.45, 7) is 8.71. The van der Waals surface area contributed by atoms with Gasteiger partial charge in [0.15, 0.2) is 5.11 Å². The summed E-state index contributed by atoms with van der Waals surface area (Å²) in [5, 5.41) is 8.05. The van der Waals surface area contributed by atoms with Crippen molar-refractivity contribution in [3.63, 3.8) is 0 Å². The summed E-state index contributed by atoms with van der Waals surface area (Å²) in [5.41, 5.74) is 3.61. The van der Waals surface area contributed by atoms with Crippen molar-refractivity contribution in [2.45, 2.75) is 53.0 Å². The monoisotopic (exact) mass is 310 g/mol. The fraction of sp³-hybridized carbons (Fsp3) is 0.562. The van der Waals surface area contributed by atoms with Gasteiger partial charge in [-0.25, -0.2) is 0 Å². The molecule has 2 nitrogen and oxygen atoms in total. The van der Waals surface area contributed by atoms with E-state index in [9.17, 15) is 0 Å². The van der Waals surface area contributed by atoms with Crippen LogP contribution in [0.25, 0.3) is 0 Å². The molecule has 0 bridgehead atoms. The van der Waals surface area contributed by atoms with Crippen molar-refractivity contribution >= 4 is 34.6 Å². The Labute approximate surface area is 132 Å². The van der Waals surface area contributed by atoms with E-state index < -0.39 is 0 Å². The Hall–Kier alpha value is -0.800. The summed E-state index contributed by atoms with van der Waals surface area (Å²) in [6.07, 6.45) is 3.59. The Kier molecular flexibility index (Phi) is 4.60. The third kappa shape index (κ3) is 3.86. The standard InChI is InChI=1S/C16H23ClN2S/c1-10-7-11(2)14(13(17)8-10)19-15(20)18-12-5-6-16(3,4)9-12/h7-8,12H,5-6,9H2,1-4H3,(H2,18,19,20). The van der Waals surface area contributed by atoms with Gasteiger partial charge in [0.1, 0.15) is 0 Å². The summed E-state index contributed by atoms with van der Waals surface area (Å²) in [4.78, 5) is 0. The Bertz CT molecular complexity index is 502. The van der Waals surface area contributed by atoms with Gasteiger partial charge in [-0.05, 0) is 67.9 Å². The maximum atomic E-state index is 6.29. The molecule has 0 heterocycles. The summed E-state index contributed by atoms with van der Waals surface area (Å²) in [5.74, 6) is 0. The second-order valence-corrected chi connectivity index (χ2v) is 7.46. The van der Waals surface area contributed by atoms with E-state index in [0.717, 1.165) is 28.3 Å². The number of hydrogen-bond acceptors (Lipinski definition) is 1. The van der Waals surface area contributed by atoms with Crippen molar-refractivity contribution < 1.29 is 0 Å². The minimum absolute atomic E-state index is 0.421. The van der Waals surface area contributed by atoms with Crippen LogP contribution < -0.4 is 10.6 Å². The molecular weight excluding hydrogens is 288 g/mol. The van der Waals surface area contributed by atoms with Gasteiger partial charge in [0.2, 0.25) is 0 Å². The third-order valence-corrected chi connectivity index (χ3v) is 4.49. The lowest BCUT2D eigenvalue weighted by atomic mass is 9.92. The van der Waals surface area contributed by atoms with E-state index in [0.29, 0.717) is 16.6 Å². The molecule has 1 aliphatic rings. The lowest BCUT2D eigenvalue weighted by molar-refractivity contribution is 0.372. The van der Waals surface area contributed by atoms with Crippen LogP contribution in [0.1, 0.15) is 44.2 Å². The average Bonchev–Trinajstić information content (AvgIpc) is 2.63. The van der Waals surface area contributed by atoms with E-state index >= 15 is 0 Å². The molecule has 2 rings (SSSR count). The van der Waals surface area contributed by atoms with E-state index in [4.69, 9.17) is 23.8 Å². The van der Waals surface area contributed by atoms with Crippen LogP contribution in [0.15, 0.2) is 12.1 Å². The first-order chi connectivity index (χ1) is 9.27. The van der Waals surface area contributed by atoms with Crippen molar-refractivity contribution in [2.24, 2.45) is 5.41 Å². The summed E-state index contributed by atoms with van der Waals surface area (Å²) in [6, 6.07) is 4.53. The Morgan fingerprint density at radius 1 is 1.35 bits per heavy atom. The highest BCUT2D eigenvalue weighted by Crippen LogP contribution is 2.37. The number of thiocarbonyl (C=S) groups is 1. The smallest absolute Gasteiger partial charge is 0.171 e. The zero-order valence-electron chi connectivity index (χ0n) is 12.6. The molecular formula is C16H23ClN2S. The zero-order chi connectivity index (χ0) is 14.9. The van der Waals surface area contributed by atoms with Crippen molar-refractivity contribution in [1.29, 1.82) is 0 Å². The first-order valence-corrected chi connectivity index (χ1v) is 7.90. The van der Waals surface area contributed by atoms with E-state index in [1.807, 2.05) is 19.9 Å². The van der Waals surface area contributed by atoms with Gasteiger partial charge in [0, 0.05) is 6.04 Å². The van der Waals surface area contributed by atoms with Gasteiger partial charge < -0.3 is 10.6 Å². The summed E-state index contributed by atoms with van der Waals surface area (Å²) in [7, 11) is 0. The molecule has 110 valence electrons. The van der Waals surface area contributed by atoms with E-state index in [2.05, 4.69) is 30.5 Å². The molecule has 0 saturated heterocycles. The highest BCUT2D eigenvalue weighted by molar-refractivity contribution is 7.80. The molecule has 0 aliphatic heterocycles. The van der Waals surface area contributed by atoms with E-state index in [1.54, 1.807) is 0 Å². The van der Waals surface area contributed by atoms with Crippen LogP contribution >= 0.6 is 23.8 Å². The zero-order valence-corrected chi connectivity index (χ0v) is 14.2. The van der Waals surface area contributed by atoms with Crippen LogP contribution in [0.5, 0.6) is 0 Å². The molecule has 1 aliphatic carbocycles. The molecule has 1 fully saturated rings. The lowest BCUT2D eigenvalue weighted by Crippen LogP contribution is -2.36. The number of anilines is 1. The fourth-order valence-corrected chi connectivity index (χ4v) is 3.61. The summed E-state index contributed by atoms with van der Waals surface area (Å²) >= 11 is 11.7. The molecule has 0 spiro atoms. The SMILES string of the molecule is Cc1cc(C)c(NC(=S)NC2CCC(C)(C)C2)c(Cl)c1. The highest BCUT2D eigenvalue weighted by Gasteiger charge is 2.31. The van der Waals surface area contributed by atoms with Crippen LogP contribution in [0.3, 0.4) is 0 Å². The average molecular weight is 311 g/mol. The minimum Gasteiger partial charge on any atom is -0.360 e. The number of halogens is 1. The molecule has 1 saturated carbocycles. The predicted molar refractivity (Wildman–Crippen MR) is 91.7 cm³/mol. The first-order valence-electron chi connectivity index (χ1n) is 7.11. The van der Waals surface area contributed by atoms with Crippen molar-refractivity contribution in [2.75, 3.05) is 5.32 Å². The highest BCUT2D eigenvalue weighted by atomic mass is 35.5. The van der Waals surface area contributed by atoms with Crippen molar-refractivity contribution in [3.8, 4) is 0 Å². The van der Waals surface area contributed by atoms with Crippen molar-refractivity contribution in [1.82, 2.24) is 5.32 Å². The quantitative estimate of drug-likeness (QED) is 0.766. The van der Waals surface area contributed by atoms with E-state index in [-0.39, 0.29) is 0 Å². The normalized spacial score (nSPS) is 20.8. The molecule has 0 radical (unpaired) electrons. The molecule has 1 aromatic carbocycles. The molecule has 0 amide bonds. The van der Waals surface area contributed by atoms with Crippen LogP contribution in [-0.4, -0.2) is 11.2 Å². The van der Waals surface area contributed by atoms with Gasteiger partial charge in [-0.15, -0.1) is 0 Å².